The highest BCUT2D eigenvalue weighted by Gasteiger charge is 2.35. The van der Waals surface area contributed by atoms with Crippen molar-refractivity contribution in [2.45, 2.75) is 37.9 Å². The summed E-state index contributed by atoms with van der Waals surface area (Å²) in [6.45, 7) is 1.92. The number of nitrogens with one attached hydrogen (secondary N) is 1. The van der Waals surface area contributed by atoms with Gasteiger partial charge in [-0.1, -0.05) is 0 Å². The van der Waals surface area contributed by atoms with E-state index in [-0.39, 0.29) is 5.69 Å². The molecule has 116 valence electrons. The van der Waals surface area contributed by atoms with Gasteiger partial charge in [0.15, 0.2) is 0 Å². The molecule has 2 unspecified atom stereocenters. The summed E-state index contributed by atoms with van der Waals surface area (Å²) in [5.74, 6) is -0.888. The third kappa shape index (κ3) is 2.77. The minimum atomic E-state index is -0.444. The number of benzene rings is 1. The van der Waals surface area contributed by atoms with Crippen molar-refractivity contribution in [3.05, 3.63) is 29.3 Å². The number of anilines is 1. The van der Waals surface area contributed by atoms with Crippen LogP contribution in [0.25, 0.3) is 0 Å². The number of halogens is 2. The average Bonchev–Trinajstić information content (AvgIpc) is 2.65. The number of likely N-dealkylation sites (N-methyl/N-ethyl adjacent to an activating group) is 1. The van der Waals surface area contributed by atoms with Gasteiger partial charge in [0.2, 0.25) is 0 Å². The first-order valence-corrected chi connectivity index (χ1v) is 7.69. The maximum Gasteiger partial charge on any atom is 0.149 e. The number of fused-ring (bicyclic) bond motifs is 2. The van der Waals surface area contributed by atoms with Crippen molar-refractivity contribution in [1.82, 2.24) is 10.2 Å². The highest BCUT2D eigenvalue weighted by atomic mass is 19.1. The molecule has 2 atom stereocenters. The van der Waals surface area contributed by atoms with Crippen LogP contribution in [0.3, 0.4) is 0 Å². The van der Waals surface area contributed by atoms with E-state index in [1.807, 2.05) is 4.90 Å². The first kappa shape index (κ1) is 14.7. The fraction of sp³-hybridized carbons (Fsp3) is 0.625. The van der Waals surface area contributed by atoms with E-state index in [1.54, 1.807) is 7.05 Å². The summed E-state index contributed by atoms with van der Waals surface area (Å²) in [4.78, 5) is 4.28. The molecule has 21 heavy (non-hydrogen) atoms. The molecule has 2 saturated heterocycles. The minimum absolute atomic E-state index is 0.149. The smallest absolute Gasteiger partial charge is 0.149 e. The summed E-state index contributed by atoms with van der Waals surface area (Å²) in [6.07, 6.45) is 3.31. The first-order valence-electron chi connectivity index (χ1n) is 7.69. The van der Waals surface area contributed by atoms with Crippen molar-refractivity contribution in [2.24, 2.45) is 0 Å². The molecule has 2 heterocycles. The molecule has 2 aliphatic rings. The van der Waals surface area contributed by atoms with E-state index in [0.29, 0.717) is 30.7 Å². The molecule has 0 amide bonds. The van der Waals surface area contributed by atoms with Crippen LogP contribution in [0.2, 0.25) is 0 Å². The van der Waals surface area contributed by atoms with Crippen LogP contribution < -0.4 is 10.2 Å². The Morgan fingerprint density at radius 1 is 1.14 bits per heavy atom. The molecule has 1 aromatic rings. The quantitative estimate of drug-likeness (QED) is 0.923. The zero-order valence-electron chi connectivity index (χ0n) is 12.7. The van der Waals surface area contributed by atoms with Gasteiger partial charge in [0.25, 0.3) is 0 Å². The summed E-state index contributed by atoms with van der Waals surface area (Å²) in [5.41, 5.74) is 0.792. The van der Waals surface area contributed by atoms with E-state index >= 15 is 0 Å². The van der Waals surface area contributed by atoms with Gasteiger partial charge in [0, 0.05) is 31.7 Å². The summed E-state index contributed by atoms with van der Waals surface area (Å²) in [5, 5.41) is 2.92. The molecule has 2 aliphatic heterocycles. The molecule has 5 heteroatoms. The van der Waals surface area contributed by atoms with E-state index in [1.165, 1.54) is 18.6 Å². The third-order valence-electron chi connectivity index (χ3n) is 4.92. The van der Waals surface area contributed by atoms with Crippen LogP contribution in [-0.4, -0.2) is 44.2 Å². The zero-order valence-corrected chi connectivity index (χ0v) is 12.7. The topological polar surface area (TPSA) is 18.5 Å². The maximum absolute atomic E-state index is 14.4. The Balaban J connectivity index is 1.86. The first-order chi connectivity index (χ1) is 10.1. The van der Waals surface area contributed by atoms with Gasteiger partial charge in [0.1, 0.15) is 17.3 Å². The van der Waals surface area contributed by atoms with Gasteiger partial charge in [-0.3, -0.25) is 4.90 Å². The lowest BCUT2D eigenvalue weighted by molar-refractivity contribution is 0.254. The Labute approximate surface area is 124 Å². The van der Waals surface area contributed by atoms with Gasteiger partial charge < -0.3 is 10.2 Å². The predicted octanol–water partition coefficient (Wildman–Crippen LogP) is 2.36. The summed E-state index contributed by atoms with van der Waals surface area (Å²) in [7, 11) is 3.90. The maximum atomic E-state index is 14.4. The van der Waals surface area contributed by atoms with Gasteiger partial charge in [-0.2, -0.15) is 0 Å². The second-order valence-corrected chi connectivity index (χ2v) is 6.22. The fourth-order valence-corrected chi connectivity index (χ4v) is 3.74. The lowest BCUT2D eigenvalue weighted by Gasteiger charge is -2.28. The molecular weight excluding hydrogens is 272 g/mol. The van der Waals surface area contributed by atoms with Crippen molar-refractivity contribution in [3.8, 4) is 0 Å². The summed E-state index contributed by atoms with van der Waals surface area (Å²) in [6, 6.07) is 3.87. The molecule has 2 fully saturated rings. The van der Waals surface area contributed by atoms with Crippen molar-refractivity contribution in [3.63, 3.8) is 0 Å². The van der Waals surface area contributed by atoms with Crippen LogP contribution in [0, 0.1) is 11.6 Å². The standard InChI is InChI=1S/C16H23F2N3/c1-19-9-11-7-14(17)16(15(18)8-11)21-6-5-12-3-4-13(10-21)20(12)2/h7-8,12-13,19H,3-6,9-10H2,1-2H3. The molecule has 0 radical (unpaired) electrons. The van der Waals surface area contributed by atoms with Crippen LogP contribution in [-0.2, 0) is 6.54 Å². The van der Waals surface area contributed by atoms with Gasteiger partial charge in [-0.15, -0.1) is 0 Å². The van der Waals surface area contributed by atoms with Crippen molar-refractivity contribution < 1.29 is 8.78 Å². The lowest BCUT2D eigenvalue weighted by Crippen LogP contribution is -2.37. The van der Waals surface area contributed by atoms with Gasteiger partial charge in [0.05, 0.1) is 0 Å². The van der Waals surface area contributed by atoms with E-state index in [2.05, 4.69) is 17.3 Å². The Morgan fingerprint density at radius 3 is 2.48 bits per heavy atom. The Hall–Kier alpha value is -1.20. The van der Waals surface area contributed by atoms with E-state index < -0.39 is 11.6 Å². The molecule has 0 aliphatic carbocycles. The Kier molecular flexibility index (Phi) is 4.13. The lowest BCUT2D eigenvalue weighted by atomic mass is 10.1. The van der Waals surface area contributed by atoms with Crippen LogP contribution in [0.4, 0.5) is 14.5 Å². The molecular formula is C16H23F2N3. The molecule has 3 nitrogen and oxygen atoms in total. The van der Waals surface area contributed by atoms with E-state index in [4.69, 9.17) is 0 Å². The molecule has 0 spiro atoms. The monoisotopic (exact) mass is 295 g/mol. The minimum Gasteiger partial charge on any atom is -0.365 e. The molecule has 1 N–H and O–H groups in total. The number of nitrogens with zero attached hydrogens (tertiary/aromatic N) is 2. The largest absolute Gasteiger partial charge is 0.365 e. The molecule has 0 aromatic heterocycles. The van der Waals surface area contributed by atoms with Gasteiger partial charge in [-0.05, 0) is 51.1 Å². The number of hydrogen-bond donors (Lipinski definition) is 1. The molecule has 2 bridgehead atoms. The highest BCUT2D eigenvalue weighted by Crippen LogP contribution is 2.33. The van der Waals surface area contributed by atoms with Crippen molar-refractivity contribution in [1.29, 1.82) is 0 Å². The van der Waals surface area contributed by atoms with E-state index in [0.717, 1.165) is 19.4 Å². The summed E-state index contributed by atoms with van der Waals surface area (Å²) < 4.78 is 28.7. The normalized spacial score (nSPS) is 26.2. The average molecular weight is 295 g/mol. The highest BCUT2D eigenvalue weighted by molar-refractivity contribution is 5.51. The SMILES string of the molecule is CNCc1cc(F)c(N2CCC3CCC(C2)N3C)c(F)c1. The summed E-state index contributed by atoms with van der Waals surface area (Å²) >= 11 is 0. The van der Waals surface area contributed by atoms with Crippen LogP contribution in [0.15, 0.2) is 12.1 Å². The Morgan fingerprint density at radius 2 is 1.81 bits per heavy atom. The van der Waals surface area contributed by atoms with Gasteiger partial charge in [-0.25, -0.2) is 8.78 Å². The molecule has 1 aromatic carbocycles. The van der Waals surface area contributed by atoms with Crippen LogP contribution in [0.1, 0.15) is 24.8 Å². The third-order valence-corrected chi connectivity index (χ3v) is 4.92. The number of hydrogen-bond acceptors (Lipinski definition) is 3. The van der Waals surface area contributed by atoms with Crippen molar-refractivity contribution in [2.75, 3.05) is 32.1 Å². The Bertz CT molecular complexity index is 497. The fourth-order valence-electron chi connectivity index (χ4n) is 3.74. The van der Waals surface area contributed by atoms with Crippen LogP contribution in [0.5, 0.6) is 0 Å². The van der Waals surface area contributed by atoms with Crippen LogP contribution >= 0.6 is 0 Å². The molecule has 0 saturated carbocycles. The number of rotatable bonds is 3. The van der Waals surface area contributed by atoms with Gasteiger partial charge >= 0.3 is 0 Å². The van der Waals surface area contributed by atoms with E-state index in [9.17, 15) is 8.78 Å². The second kappa shape index (κ2) is 5.89. The van der Waals surface area contributed by atoms with Crippen molar-refractivity contribution >= 4 is 5.69 Å². The predicted molar refractivity (Wildman–Crippen MR) is 80.5 cm³/mol. The molecule has 3 rings (SSSR count). The zero-order chi connectivity index (χ0) is 15.0. The second-order valence-electron chi connectivity index (χ2n) is 6.22.